The van der Waals surface area contributed by atoms with Crippen molar-refractivity contribution in [2.45, 2.75) is 31.8 Å². The maximum atomic E-state index is 11.9. The first-order valence-electron chi connectivity index (χ1n) is 7.94. The van der Waals surface area contributed by atoms with Crippen LogP contribution in [0, 0.1) is 5.92 Å². The Bertz CT molecular complexity index is 724. The molecule has 2 fully saturated rings. The fraction of sp³-hybridized carbons (Fsp3) is 0.562. The van der Waals surface area contributed by atoms with E-state index < -0.39 is 0 Å². The van der Waals surface area contributed by atoms with Gasteiger partial charge in [-0.3, -0.25) is 9.69 Å². The molecule has 6 nitrogen and oxygen atoms in total. The number of hydrogen-bond donors (Lipinski definition) is 0. The van der Waals surface area contributed by atoms with Crippen molar-refractivity contribution in [1.82, 2.24) is 24.2 Å². The summed E-state index contributed by atoms with van der Waals surface area (Å²) in [5.41, 5.74) is 2.21. The van der Waals surface area contributed by atoms with E-state index in [4.69, 9.17) is 0 Å². The largest absolute Gasteiger partial charge is 0.340 e. The van der Waals surface area contributed by atoms with Crippen molar-refractivity contribution in [2.75, 3.05) is 13.1 Å². The molecule has 6 heteroatoms. The second-order valence-electron chi connectivity index (χ2n) is 6.64. The molecule has 0 N–H and O–H groups in total. The molecule has 22 heavy (non-hydrogen) atoms. The Balaban J connectivity index is 1.34. The van der Waals surface area contributed by atoms with E-state index in [2.05, 4.69) is 21.2 Å². The molecule has 0 spiro atoms. The molecule has 0 unspecified atom stereocenters. The third-order valence-electron chi connectivity index (χ3n) is 4.49. The highest BCUT2D eigenvalue weighted by Gasteiger charge is 2.29. The topological polar surface area (TPSA) is 56.0 Å². The van der Waals surface area contributed by atoms with Gasteiger partial charge in [-0.15, -0.1) is 0 Å². The van der Waals surface area contributed by atoms with Gasteiger partial charge in [0.2, 0.25) is 0 Å². The predicted octanol–water partition coefficient (Wildman–Crippen LogP) is 0.986. The maximum Gasteiger partial charge on any atom is 0.266 e. The molecular weight excluding hydrogens is 278 g/mol. The SMILES string of the molecule is Cn1cnc(CN2CC(Cn3nc(C4CC4)ccc3=O)C2)c1. The van der Waals surface area contributed by atoms with Gasteiger partial charge in [-0.05, 0) is 18.9 Å². The fourth-order valence-corrected chi connectivity index (χ4v) is 3.14. The summed E-state index contributed by atoms with van der Waals surface area (Å²) in [6, 6.07) is 3.57. The number of aromatic nitrogens is 4. The van der Waals surface area contributed by atoms with Crippen molar-refractivity contribution in [3.63, 3.8) is 0 Å². The molecule has 1 saturated carbocycles. The third kappa shape index (κ3) is 2.83. The zero-order chi connectivity index (χ0) is 15.1. The molecule has 1 aliphatic heterocycles. The maximum absolute atomic E-state index is 11.9. The van der Waals surface area contributed by atoms with E-state index >= 15 is 0 Å². The highest BCUT2D eigenvalue weighted by molar-refractivity contribution is 5.12. The van der Waals surface area contributed by atoms with Crippen LogP contribution in [0.4, 0.5) is 0 Å². The molecular formula is C16H21N5O. The van der Waals surface area contributed by atoms with Gasteiger partial charge in [0, 0.05) is 50.8 Å². The van der Waals surface area contributed by atoms with Crippen LogP contribution in [0.1, 0.15) is 30.1 Å². The normalized spacial score (nSPS) is 19.3. The number of aryl methyl sites for hydroxylation is 1. The second-order valence-corrected chi connectivity index (χ2v) is 6.64. The van der Waals surface area contributed by atoms with Crippen LogP contribution in [0.2, 0.25) is 0 Å². The number of nitrogens with zero attached hydrogens (tertiary/aromatic N) is 5. The van der Waals surface area contributed by atoms with Crippen molar-refractivity contribution in [3.05, 3.63) is 46.4 Å². The van der Waals surface area contributed by atoms with E-state index in [0.29, 0.717) is 11.8 Å². The van der Waals surface area contributed by atoms with Crippen molar-refractivity contribution in [3.8, 4) is 0 Å². The zero-order valence-electron chi connectivity index (χ0n) is 12.9. The lowest BCUT2D eigenvalue weighted by atomic mass is 10.00. The minimum Gasteiger partial charge on any atom is -0.340 e. The molecule has 2 aliphatic rings. The van der Waals surface area contributed by atoms with Crippen molar-refractivity contribution < 1.29 is 0 Å². The summed E-state index contributed by atoms with van der Waals surface area (Å²) in [6.45, 7) is 3.65. The number of rotatable bonds is 5. The van der Waals surface area contributed by atoms with Crippen LogP contribution in [0.15, 0.2) is 29.5 Å². The number of hydrogen-bond acceptors (Lipinski definition) is 4. The van der Waals surface area contributed by atoms with Gasteiger partial charge in [-0.25, -0.2) is 9.67 Å². The average Bonchev–Trinajstić information content (AvgIpc) is 3.22. The minimum absolute atomic E-state index is 0.0209. The van der Waals surface area contributed by atoms with Gasteiger partial charge in [0.1, 0.15) is 0 Å². The standard InChI is InChI=1S/C16H21N5O/c1-19-9-14(17-11-19)10-20-6-12(7-20)8-21-16(22)5-4-15(18-21)13-2-3-13/h4-5,9,11-13H,2-3,6-8,10H2,1H3. The Kier molecular flexibility index (Phi) is 3.33. The van der Waals surface area contributed by atoms with Gasteiger partial charge in [-0.1, -0.05) is 0 Å². The summed E-state index contributed by atoms with van der Waals surface area (Å²) in [5.74, 6) is 1.11. The predicted molar refractivity (Wildman–Crippen MR) is 82.4 cm³/mol. The van der Waals surface area contributed by atoms with Crippen molar-refractivity contribution in [2.24, 2.45) is 13.0 Å². The Morgan fingerprint density at radius 2 is 2.09 bits per heavy atom. The monoisotopic (exact) mass is 299 g/mol. The van der Waals surface area contributed by atoms with Crippen molar-refractivity contribution in [1.29, 1.82) is 0 Å². The van der Waals surface area contributed by atoms with E-state index in [9.17, 15) is 4.79 Å². The molecule has 3 heterocycles. The van der Waals surface area contributed by atoms with Gasteiger partial charge < -0.3 is 4.57 Å². The van der Waals surface area contributed by atoms with E-state index in [1.54, 1.807) is 10.7 Å². The van der Waals surface area contributed by atoms with E-state index in [1.165, 1.54) is 12.8 Å². The Labute approximate surface area is 129 Å². The molecule has 116 valence electrons. The van der Waals surface area contributed by atoms with Crippen LogP contribution in [0.3, 0.4) is 0 Å². The molecule has 0 amide bonds. The molecule has 0 bridgehead atoms. The first-order chi connectivity index (χ1) is 10.7. The third-order valence-corrected chi connectivity index (χ3v) is 4.49. The lowest BCUT2D eigenvalue weighted by Gasteiger charge is -2.38. The molecule has 0 radical (unpaired) electrons. The minimum atomic E-state index is 0.0209. The van der Waals surface area contributed by atoms with Crippen LogP contribution >= 0.6 is 0 Å². The summed E-state index contributed by atoms with van der Waals surface area (Å²) in [4.78, 5) is 18.7. The van der Waals surface area contributed by atoms with Crippen molar-refractivity contribution >= 4 is 0 Å². The van der Waals surface area contributed by atoms with E-state index in [0.717, 1.165) is 37.6 Å². The van der Waals surface area contributed by atoms with Gasteiger partial charge in [0.25, 0.3) is 5.56 Å². The van der Waals surface area contributed by atoms with Gasteiger partial charge >= 0.3 is 0 Å². The number of likely N-dealkylation sites (tertiary alicyclic amines) is 1. The Morgan fingerprint density at radius 1 is 1.27 bits per heavy atom. The lowest BCUT2D eigenvalue weighted by Crippen LogP contribution is -2.49. The Morgan fingerprint density at radius 3 is 2.77 bits per heavy atom. The molecule has 1 aliphatic carbocycles. The summed E-state index contributed by atoms with van der Waals surface area (Å²) >= 11 is 0. The molecule has 2 aromatic rings. The van der Waals surface area contributed by atoms with Crippen LogP contribution < -0.4 is 5.56 Å². The summed E-state index contributed by atoms with van der Waals surface area (Å²) < 4.78 is 3.63. The second kappa shape index (κ2) is 5.35. The van der Waals surface area contributed by atoms with Gasteiger partial charge in [-0.2, -0.15) is 5.10 Å². The lowest BCUT2D eigenvalue weighted by molar-refractivity contribution is 0.0753. The van der Waals surface area contributed by atoms with Crippen LogP contribution in [0.5, 0.6) is 0 Å². The highest BCUT2D eigenvalue weighted by Crippen LogP contribution is 2.38. The molecule has 1 saturated heterocycles. The first-order valence-corrected chi connectivity index (χ1v) is 7.94. The fourth-order valence-electron chi connectivity index (χ4n) is 3.14. The first kappa shape index (κ1) is 13.7. The molecule has 0 aromatic carbocycles. The van der Waals surface area contributed by atoms with Crippen LogP contribution in [0.25, 0.3) is 0 Å². The average molecular weight is 299 g/mol. The summed E-state index contributed by atoms with van der Waals surface area (Å²) in [6.07, 6.45) is 6.32. The smallest absolute Gasteiger partial charge is 0.266 e. The molecule has 2 aromatic heterocycles. The highest BCUT2D eigenvalue weighted by atomic mass is 16.1. The quantitative estimate of drug-likeness (QED) is 0.826. The van der Waals surface area contributed by atoms with Crippen LogP contribution in [-0.4, -0.2) is 37.3 Å². The molecule has 4 rings (SSSR count). The van der Waals surface area contributed by atoms with Gasteiger partial charge in [0.15, 0.2) is 0 Å². The molecule has 0 atom stereocenters. The van der Waals surface area contributed by atoms with Gasteiger partial charge in [0.05, 0.1) is 24.3 Å². The number of imidazole rings is 1. The Hall–Kier alpha value is -1.95. The summed E-state index contributed by atoms with van der Waals surface area (Å²) in [5, 5.41) is 4.54. The van der Waals surface area contributed by atoms with Crippen LogP contribution in [-0.2, 0) is 20.1 Å². The van der Waals surface area contributed by atoms with E-state index in [-0.39, 0.29) is 5.56 Å². The summed E-state index contributed by atoms with van der Waals surface area (Å²) in [7, 11) is 1.99. The van der Waals surface area contributed by atoms with E-state index in [1.807, 2.05) is 24.0 Å². The zero-order valence-corrected chi connectivity index (χ0v) is 12.9.